The lowest BCUT2D eigenvalue weighted by molar-refractivity contribution is -0.384. The lowest BCUT2D eigenvalue weighted by Crippen LogP contribution is -2.34. The van der Waals surface area contributed by atoms with Gasteiger partial charge in [0.25, 0.3) is 11.6 Å². The zero-order valence-electron chi connectivity index (χ0n) is 14.0. The highest BCUT2D eigenvalue weighted by Gasteiger charge is 2.29. The molecule has 0 spiro atoms. The van der Waals surface area contributed by atoms with Crippen LogP contribution in [0.15, 0.2) is 53.7 Å². The van der Waals surface area contributed by atoms with Crippen LogP contribution >= 0.6 is 0 Å². The van der Waals surface area contributed by atoms with E-state index in [4.69, 9.17) is 9.57 Å². The molecule has 1 aliphatic rings. The van der Waals surface area contributed by atoms with Crippen molar-refractivity contribution in [1.29, 1.82) is 0 Å². The van der Waals surface area contributed by atoms with Gasteiger partial charge >= 0.3 is 0 Å². The Hall–Kier alpha value is -3.42. The Labute approximate surface area is 149 Å². The number of benzene rings is 2. The molecule has 3 rings (SSSR count). The maximum absolute atomic E-state index is 12.3. The van der Waals surface area contributed by atoms with Crippen LogP contribution in [0.25, 0.3) is 0 Å². The summed E-state index contributed by atoms with van der Waals surface area (Å²) >= 11 is 0. The van der Waals surface area contributed by atoms with Crippen LogP contribution in [0.4, 0.5) is 5.69 Å². The van der Waals surface area contributed by atoms with Crippen molar-refractivity contribution >= 4 is 17.3 Å². The van der Waals surface area contributed by atoms with Gasteiger partial charge in [-0.3, -0.25) is 14.9 Å². The van der Waals surface area contributed by atoms with Crippen LogP contribution in [0.3, 0.4) is 0 Å². The van der Waals surface area contributed by atoms with Gasteiger partial charge < -0.3 is 14.9 Å². The van der Waals surface area contributed by atoms with Crippen LogP contribution in [0, 0.1) is 10.1 Å². The summed E-state index contributed by atoms with van der Waals surface area (Å²) in [5.41, 5.74) is 1.98. The fourth-order valence-electron chi connectivity index (χ4n) is 2.53. The second kappa shape index (κ2) is 7.64. The number of carbonyl (C=O) groups is 1. The van der Waals surface area contributed by atoms with Gasteiger partial charge in [0.05, 0.1) is 17.7 Å². The molecule has 1 amide bonds. The Balaban J connectivity index is 1.56. The van der Waals surface area contributed by atoms with Crippen LogP contribution in [0.5, 0.6) is 5.75 Å². The number of nitrogens with zero attached hydrogens (tertiary/aromatic N) is 2. The molecule has 134 valence electrons. The van der Waals surface area contributed by atoms with E-state index in [2.05, 4.69) is 10.5 Å². The SMILES string of the molecule is COc1ccc(CNC(=O)C2CC(c3cccc([N+](=O)[O-])c3)=NO2)cc1. The Morgan fingerprint density at radius 2 is 2.12 bits per heavy atom. The van der Waals surface area contributed by atoms with Crippen molar-refractivity contribution in [2.24, 2.45) is 5.16 Å². The summed E-state index contributed by atoms with van der Waals surface area (Å²) < 4.78 is 5.09. The van der Waals surface area contributed by atoms with Gasteiger partial charge in [0, 0.05) is 30.7 Å². The smallest absolute Gasteiger partial charge is 0.270 e. The van der Waals surface area contributed by atoms with E-state index in [0.29, 0.717) is 17.8 Å². The number of rotatable bonds is 6. The molecule has 0 fully saturated rings. The number of hydrogen-bond acceptors (Lipinski definition) is 6. The summed E-state index contributed by atoms with van der Waals surface area (Å²) in [4.78, 5) is 27.8. The number of non-ortho nitro benzene ring substituents is 1. The molecule has 26 heavy (non-hydrogen) atoms. The summed E-state index contributed by atoms with van der Waals surface area (Å²) in [6, 6.07) is 13.5. The molecule has 0 saturated carbocycles. The van der Waals surface area contributed by atoms with Gasteiger partial charge in [-0.25, -0.2) is 0 Å². The molecule has 2 aromatic carbocycles. The summed E-state index contributed by atoms with van der Waals surface area (Å²) in [6.45, 7) is 0.356. The molecule has 1 unspecified atom stereocenters. The number of oxime groups is 1. The standard InChI is InChI=1S/C18H17N3O5/c1-25-15-7-5-12(6-8-15)11-19-18(22)17-10-16(20-26-17)13-3-2-4-14(9-13)21(23)24/h2-9,17H,10-11H2,1H3,(H,19,22). The Kier molecular flexibility index (Phi) is 5.12. The number of nitro groups is 1. The van der Waals surface area contributed by atoms with Crippen molar-refractivity contribution < 1.29 is 19.3 Å². The Morgan fingerprint density at radius 3 is 2.81 bits per heavy atom. The minimum Gasteiger partial charge on any atom is -0.497 e. The van der Waals surface area contributed by atoms with E-state index < -0.39 is 11.0 Å². The van der Waals surface area contributed by atoms with E-state index in [9.17, 15) is 14.9 Å². The topological polar surface area (TPSA) is 103 Å². The highest BCUT2D eigenvalue weighted by molar-refractivity contribution is 6.04. The summed E-state index contributed by atoms with van der Waals surface area (Å²) in [5, 5.41) is 17.6. The van der Waals surface area contributed by atoms with Crippen molar-refractivity contribution in [2.45, 2.75) is 19.1 Å². The molecule has 1 aliphatic heterocycles. The third-order valence-corrected chi connectivity index (χ3v) is 3.98. The van der Waals surface area contributed by atoms with Gasteiger partial charge in [0.15, 0.2) is 0 Å². The fraction of sp³-hybridized carbons (Fsp3) is 0.222. The zero-order valence-corrected chi connectivity index (χ0v) is 14.0. The quantitative estimate of drug-likeness (QED) is 0.633. The van der Waals surface area contributed by atoms with Crippen LogP contribution in [-0.2, 0) is 16.2 Å². The van der Waals surface area contributed by atoms with Crippen LogP contribution in [0.1, 0.15) is 17.5 Å². The lowest BCUT2D eigenvalue weighted by Gasteiger charge is -2.10. The largest absolute Gasteiger partial charge is 0.497 e. The van der Waals surface area contributed by atoms with Gasteiger partial charge in [-0.1, -0.05) is 29.4 Å². The number of amides is 1. The van der Waals surface area contributed by atoms with E-state index in [0.717, 1.165) is 11.3 Å². The molecule has 0 aliphatic carbocycles. The minimum atomic E-state index is -0.748. The number of hydrogen-bond donors (Lipinski definition) is 1. The third-order valence-electron chi connectivity index (χ3n) is 3.98. The van der Waals surface area contributed by atoms with Crippen LogP contribution in [0.2, 0.25) is 0 Å². The van der Waals surface area contributed by atoms with E-state index in [1.165, 1.54) is 12.1 Å². The van der Waals surface area contributed by atoms with E-state index in [-0.39, 0.29) is 18.0 Å². The number of nitro benzene ring substituents is 1. The normalized spacial score (nSPS) is 15.7. The number of ether oxygens (including phenoxy) is 1. The van der Waals surface area contributed by atoms with Gasteiger partial charge in [-0.2, -0.15) is 0 Å². The van der Waals surface area contributed by atoms with Gasteiger partial charge in [0.1, 0.15) is 5.75 Å². The number of nitrogens with one attached hydrogen (secondary N) is 1. The predicted molar refractivity (Wildman–Crippen MR) is 94.0 cm³/mol. The van der Waals surface area contributed by atoms with E-state index >= 15 is 0 Å². The molecular formula is C18H17N3O5. The first kappa shape index (κ1) is 17.4. The van der Waals surface area contributed by atoms with Crippen molar-refractivity contribution in [3.63, 3.8) is 0 Å². The van der Waals surface area contributed by atoms with Gasteiger partial charge in [-0.15, -0.1) is 0 Å². The van der Waals surface area contributed by atoms with Crippen molar-refractivity contribution in [1.82, 2.24) is 5.32 Å². The molecule has 8 heteroatoms. The molecule has 0 saturated heterocycles. The minimum absolute atomic E-state index is 0.0300. The number of methoxy groups -OCH3 is 1. The van der Waals surface area contributed by atoms with E-state index in [1.54, 1.807) is 19.2 Å². The molecule has 8 nitrogen and oxygen atoms in total. The third kappa shape index (κ3) is 3.97. The second-order valence-corrected chi connectivity index (χ2v) is 5.71. The van der Waals surface area contributed by atoms with Crippen LogP contribution in [-0.4, -0.2) is 29.8 Å². The van der Waals surface area contributed by atoms with Gasteiger partial charge in [0.2, 0.25) is 6.10 Å². The molecule has 1 heterocycles. The molecule has 0 bridgehead atoms. The molecule has 1 atom stereocenters. The summed E-state index contributed by atoms with van der Waals surface area (Å²) in [5.74, 6) is 0.458. The average molecular weight is 355 g/mol. The van der Waals surface area contributed by atoms with Gasteiger partial charge in [-0.05, 0) is 17.7 Å². The average Bonchev–Trinajstić information content (AvgIpc) is 3.17. The summed E-state index contributed by atoms with van der Waals surface area (Å²) in [7, 11) is 1.59. The maximum atomic E-state index is 12.3. The van der Waals surface area contributed by atoms with Crippen molar-refractivity contribution in [2.75, 3.05) is 7.11 Å². The first-order valence-electron chi connectivity index (χ1n) is 7.95. The maximum Gasteiger partial charge on any atom is 0.270 e. The highest BCUT2D eigenvalue weighted by Crippen LogP contribution is 2.20. The molecule has 0 aromatic heterocycles. The Bertz CT molecular complexity index is 848. The monoisotopic (exact) mass is 355 g/mol. The number of carbonyl (C=O) groups excluding carboxylic acids is 1. The zero-order chi connectivity index (χ0) is 18.5. The van der Waals surface area contributed by atoms with Crippen molar-refractivity contribution in [3.05, 3.63) is 69.8 Å². The van der Waals surface area contributed by atoms with Crippen molar-refractivity contribution in [3.8, 4) is 5.75 Å². The molecule has 0 radical (unpaired) electrons. The first-order chi connectivity index (χ1) is 12.6. The second-order valence-electron chi connectivity index (χ2n) is 5.71. The lowest BCUT2D eigenvalue weighted by atomic mass is 10.0. The predicted octanol–water partition coefficient (Wildman–Crippen LogP) is 2.41. The van der Waals surface area contributed by atoms with E-state index in [1.807, 2.05) is 24.3 Å². The van der Waals surface area contributed by atoms with Crippen LogP contribution < -0.4 is 10.1 Å². The first-order valence-corrected chi connectivity index (χ1v) is 7.95. The Morgan fingerprint density at radius 1 is 1.35 bits per heavy atom. The molecule has 1 N–H and O–H groups in total. The summed E-state index contributed by atoms with van der Waals surface area (Å²) in [6.07, 6.45) is -0.488. The molecular weight excluding hydrogens is 338 g/mol. The molecule has 2 aromatic rings. The fourth-order valence-corrected chi connectivity index (χ4v) is 2.53. The highest BCUT2D eigenvalue weighted by atomic mass is 16.6.